The van der Waals surface area contributed by atoms with Gasteiger partial charge in [-0.15, -0.1) is 24.0 Å². The van der Waals surface area contributed by atoms with E-state index in [0.29, 0.717) is 11.4 Å². The molecule has 0 fully saturated rings. The molecule has 0 saturated carbocycles. The Labute approximate surface area is 173 Å². The van der Waals surface area contributed by atoms with Gasteiger partial charge in [0.15, 0.2) is 15.8 Å². The summed E-state index contributed by atoms with van der Waals surface area (Å²) in [5, 5.41) is 6.59. The van der Waals surface area contributed by atoms with Crippen molar-refractivity contribution in [2.75, 3.05) is 25.6 Å². The Kier molecular flexibility index (Phi) is 10.4. The minimum absolute atomic E-state index is 0. The number of hydrogen-bond acceptors (Lipinski definition) is 4. The Bertz CT molecular complexity index is 689. The van der Waals surface area contributed by atoms with Crippen LogP contribution in [-0.4, -0.2) is 44.7 Å². The molecule has 1 rings (SSSR count). The van der Waals surface area contributed by atoms with Crippen LogP contribution in [0.2, 0.25) is 0 Å². The number of aliphatic imine (C=N–C) groups is 1. The number of sulfone groups is 1. The van der Waals surface area contributed by atoms with Crippen LogP contribution in [0.1, 0.15) is 31.9 Å². The molecule has 2 N–H and O–H groups in total. The van der Waals surface area contributed by atoms with Crippen LogP contribution in [0, 0.1) is 6.92 Å². The van der Waals surface area contributed by atoms with Crippen molar-refractivity contribution >= 4 is 51.5 Å². The second-order valence-corrected chi connectivity index (χ2v) is 9.88. The summed E-state index contributed by atoms with van der Waals surface area (Å²) in [5.41, 5.74) is 1.74. The summed E-state index contributed by atoms with van der Waals surface area (Å²) in [5.74, 6) is 0.768. The number of nitrogens with one attached hydrogen (secondary N) is 2. The summed E-state index contributed by atoms with van der Waals surface area (Å²) in [6, 6.07) is 5.37. The van der Waals surface area contributed by atoms with E-state index >= 15 is 0 Å². The number of rotatable bonds is 7. The standard InChI is InChI=1S/C17H29N3O2S2.HI/c1-7-18-16(20-12-17(3,4)23-5)19-11-14-8-9-15(13(2)10-14)24(6,21)22;/h8-10H,7,11-12H2,1-6H3,(H2,18,19,20);1H. The average Bonchev–Trinajstić information content (AvgIpc) is 2.49. The zero-order valence-corrected chi connectivity index (χ0v) is 19.8. The summed E-state index contributed by atoms with van der Waals surface area (Å²) in [4.78, 5) is 4.97. The van der Waals surface area contributed by atoms with Gasteiger partial charge in [-0.1, -0.05) is 12.1 Å². The maximum Gasteiger partial charge on any atom is 0.191 e. The van der Waals surface area contributed by atoms with Gasteiger partial charge in [-0.3, -0.25) is 0 Å². The monoisotopic (exact) mass is 499 g/mol. The van der Waals surface area contributed by atoms with Gasteiger partial charge < -0.3 is 10.6 Å². The fourth-order valence-electron chi connectivity index (χ4n) is 2.11. The van der Waals surface area contributed by atoms with Crippen LogP contribution < -0.4 is 10.6 Å². The average molecular weight is 499 g/mol. The SMILES string of the molecule is CCNC(=NCc1ccc(S(C)(=O)=O)c(C)c1)NCC(C)(C)SC.I. The number of benzene rings is 1. The quantitative estimate of drug-likeness (QED) is 0.343. The number of aryl methyl sites for hydroxylation is 1. The van der Waals surface area contributed by atoms with E-state index in [4.69, 9.17) is 0 Å². The zero-order chi connectivity index (χ0) is 18.4. The maximum atomic E-state index is 11.7. The lowest BCUT2D eigenvalue weighted by molar-refractivity contribution is 0.601. The molecule has 0 saturated heterocycles. The van der Waals surface area contributed by atoms with Gasteiger partial charge in [0.1, 0.15) is 0 Å². The molecule has 0 aliphatic carbocycles. The minimum atomic E-state index is -3.18. The van der Waals surface area contributed by atoms with E-state index in [0.717, 1.165) is 30.2 Å². The van der Waals surface area contributed by atoms with E-state index in [9.17, 15) is 8.42 Å². The van der Waals surface area contributed by atoms with E-state index < -0.39 is 9.84 Å². The molecule has 5 nitrogen and oxygen atoms in total. The molecule has 0 atom stereocenters. The molecule has 25 heavy (non-hydrogen) atoms. The van der Waals surface area contributed by atoms with Crippen LogP contribution in [0.15, 0.2) is 28.1 Å². The number of thioether (sulfide) groups is 1. The fourth-order valence-corrected chi connectivity index (χ4v) is 3.28. The molecule has 0 bridgehead atoms. The van der Waals surface area contributed by atoms with Crippen molar-refractivity contribution in [3.63, 3.8) is 0 Å². The first-order valence-electron chi connectivity index (χ1n) is 7.96. The molecule has 0 aliphatic heterocycles. The highest BCUT2D eigenvalue weighted by molar-refractivity contribution is 14.0. The lowest BCUT2D eigenvalue weighted by Gasteiger charge is -2.23. The van der Waals surface area contributed by atoms with E-state index in [1.165, 1.54) is 6.26 Å². The van der Waals surface area contributed by atoms with E-state index in [1.807, 2.05) is 26.0 Å². The number of hydrogen-bond donors (Lipinski definition) is 2. The van der Waals surface area contributed by atoms with E-state index in [-0.39, 0.29) is 28.7 Å². The smallest absolute Gasteiger partial charge is 0.191 e. The molecule has 144 valence electrons. The molecule has 1 aromatic rings. The first-order chi connectivity index (χ1) is 11.1. The third-order valence-corrected chi connectivity index (χ3v) is 6.14. The van der Waals surface area contributed by atoms with Crippen molar-refractivity contribution in [2.45, 2.75) is 43.9 Å². The van der Waals surface area contributed by atoms with Gasteiger partial charge in [0.2, 0.25) is 0 Å². The van der Waals surface area contributed by atoms with Crippen LogP contribution >= 0.6 is 35.7 Å². The minimum Gasteiger partial charge on any atom is -0.357 e. The molecule has 0 spiro atoms. The molecular weight excluding hydrogens is 469 g/mol. The van der Waals surface area contributed by atoms with Crippen molar-refractivity contribution in [3.8, 4) is 0 Å². The van der Waals surface area contributed by atoms with Gasteiger partial charge in [0.05, 0.1) is 11.4 Å². The number of nitrogens with zero attached hydrogens (tertiary/aromatic N) is 1. The van der Waals surface area contributed by atoms with Crippen LogP contribution in [-0.2, 0) is 16.4 Å². The summed E-state index contributed by atoms with van der Waals surface area (Å²) in [6.07, 6.45) is 3.33. The topological polar surface area (TPSA) is 70.6 Å². The molecule has 0 aliphatic rings. The summed E-state index contributed by atoms with van der Waals surface area (Å²) < 4.78 is 23.5. The van der Waals surface area contributed by atoms with Gasteiger partial charge in [-0.05, 0) is 51.1 Å². The van der Waals surface area contributed by atoms with E-state index in [1.54, 1.807) is 17.8 Å². The highest BCUT2D eigenvalue weighted by atomic mass is 127. The molecule has 1 aromatic carbocycles. The Morgan fingerprint density at radius 1 is 1.28 bits per heavy atom. The lowest BCUT2D eigenvalue weighted by atomic mass is 10.1. The highest BCUT2D eigenvalue weighted by Gasteiger charge is 2.16. The maximum absolute atomic E-state index is 11.7. The van der Waals surface area contributed by atoms with Crippen LogP contribution in [0.25, 0.3) is 0 Å². The predicted molar refractivity (Wildman–Crippen MR) is 120 cm³/mol. The Morgan fingerprint density at radius 2 is 1.92 bits per heavy atom. The molecule has 0 radical (unpaired) electrons. The molecule has 8 heteroatoms. The molecule has 0 aromatic heterocycles. The van der Waals surface area contributed by atoms with Gasteiger partial charge in [0, 0.05) is 24.1 Å². The highest BCUT2D eigenvalue weighted by Crippen LogP contribution is 2.19. The van der Waals surface area contributed by atoms with Gasteiger partial charge in [0.25, 0.3) is 0 Å². The first-order valence-corrected chi connectivity index (χ1v) is 11.1. The third-order valence-electron chi connectivity index (χ3n) is 3.64. The van der Waals surface area contributed by atoms with Crippen molar-refractivity contribution in [3.05, 3.63) is 29.3 Å². The summed E-state index contributed by atoms with van der Waals surface area (Å²) >= 11 is 1.81. The van der Waals surface area contributed by atoms with Crippen molar-refractivity contribution in [1.82, 2.24) is 10.6 Å². The molecule has 0 unspecified atom stereocenters. The molecular formula is C17H30IN3O2S2. The van der Waals surface area contributed by atoms with Crippen molar-refractivity contribution in [2.24, 2.45) is 4.99 Å². The second-order valence-electron chi connectivity index (χ2n) is 6.38. The second kappa shape index (κ2) is 10.6. The van der Waals surface area contributed by atoms with Crippen LogP contribution in [0.3, 0.4) is 0 Å². The zero-order valence-electron chi connectivity index (χ0n) is 15.8. The van der Waals surface area contributed by atoms with Gasteiger partial charge in [-0.2, -0.15) is 11.8 Å². The summed E-state index contributed by atoms with van der Waals surface area (Å²) in [7, 11) is -3.18. The predicted octanol–water partition coefficient (Wildman–Crippen LogP) is 3.21. The number of halogens is 1. The lowest BCUT2D eigenvalue weighted by Crippen LogP contribution is -2.43. The van der Waals surface area contributed by atoms with Crippen molar-refractivity contribution in [1.29, 1.82) is 0 Å². The molecule has 0 amide bonds. The number of guanidine groups is 1. The summed E-state index contributed by atoms with van der Waals surface area (Å²) in [6.45, 7) is 10.3. The van der Waals surface area contributed by atoms with Gasteiger partial charge >= 0.3 is 0 Å². The fraction of sp³-hybridized carbons (Fsp3) is 0.588. The molecule has 0 heterocycles. The van der Waals surface area contributed by atoms with Gasteiger partial charge in [-0.25, -0.2) is 13.4 Å². The van der Waals surface area contributed by atoms with Crippen LogP contribution in [0.5, 0.6) is 0 Å². The Hall–Kier alpha value is -0.480. The Balaban J connectivity index is 0.00000576. The largest absolute Gasteiger partial charge is 0.357 e. The van der Waals surface area contributed by atoms with E-state index in [2.05, 4.69) is 35.7 Å². The van der Waals surface area contributed by atoms with Crippen molar-refractivity contribution < 1.29 is 8.42 Å². The third kappa shape index (κ3) is 8.63. The van der Waals surface area contributed by atoms with Crippen LogP contribution in [0.4, 0.5) is 0 Å². The first kappa shape index (κ1) is 24.5. The normalized spacial score (nSPS) is 12.5. The Morgan fingerprint density at radius 3 is 2.40 bits per heavy atom.